The van der Waals surface area contributed by atoms with E-state index in [2.05, 4.69) is 9.46 Å². The summed E-state index contributed by atoms with van der Waals surface area (Å²) in [5.74, 6) is -0.970. The number of ether oxygens (including phenoxy) is 1. The lowest BCUT2D eigenvalue weighted by Crippen LogP contribution is -2.27. The van der Waals surface area contributed by atoms with Gasteiger partial charge in [0.15, 0.2) is 0 Å². The smallest absolute Gasteiger partial charge is 0.406 e. The van der Waals surface area contributed by atoms with Crippen LogP contribution in [0.25, 0.3) is 0 Å². The third kappa shape index (κ3) is 4.93. The molecule has 2 aromatic rings. The lowest BCUT2D eigenvalue weighted by molar-refractivity contribution is -0.274. The van der Waals surface area contributed by atoms with Gasteiger partial charge in [-0.1, -0.05) is 12.1 Å². The molecule has 4 nitrogen and oxygen atoms in total. The molecule has 0 aromatic heterocycles. The first kappa shape index (κ1) is 18.2. The van der Waals surface area contributed by atoms with Crippen molar-refractivity contribution >= 4 is 10.0 Å². The van der Waals surface area contributed by atoms with Gasteiger partial charge in [0.2, 0.25) is 10.0 Å². The standard InChI is InChI=1S/C15H13F4NO3S/c1-10(11-2-4-12(16)5-3-11)20-24(21,22)14-8-6-13(7-9-14)23-15(17,18)19/h2-10,20H,1H3/t10-/m1/s1. The Balaban J connectivity index is 2.13. The molecule has 9 heteroatoms. The van der Waals surface area contributed by atoms with Crippen molar-refractivity contribution in [1.29, 1.82) is 0 Å². The van der Waals surface area contributed by atoms with E-state index < -0.39 is 34.0 Å². The van der Waals surface area contributed by atoms with Crippen LogP contribution in [0.5, 0.6) is 5.75 Å². The molecule has 2 rings (SSSR count). The molecular weight excluding hydrogens is 350 g/mol. The highest BCUT2D eigenvalue weighted by atomic mass is 32.2. The minimum Gasteiger partial charge on any atom is -0.406 e. The number of hydrogen-bond acceptors (Lipinski definition) is 3. The summed E-state index contributed by atoms with van der Waals surface area (Å²) < 4.78 is 79.6. The second-order valence-corrected chi connectivity index (χ2v) is 6.63. The van der Waals surface area contributed by atoms with E-state index >= 15 is 0 Å². The van der Waals surface area contributed by atoms with Gasteiger partial charge in [-0.2, -0.15) is 0 Å². The van der Waals surface area contributed by atoms with Gasteiger partial charge in [0.25, 0.3) is 0 Å². The number of hydrogen-bond donors (Lipinski definition) is 1. The SMILES string of the molecule is C[C@@H](NS(=O)(=O)c1ccc(OC(F)(F)F)cc1)c1ccc(F)cc1. The molecule has 2 aromatic carbocycles. The van der Waals surface area contributed by atoms with Gasteiger partial charge in [0.1, 0.15) is 11.6 Å². The minimum atomic E-state index is -4.85. The summed E-state index contributed by atoms with van der Waals surface area (Å²) in [6.45, 7) is 1.56. The monoisotopic (exact) mass is 363 g/mol. The number of alkyl halides is 3. The van der Waals surface area contributed by atoms with Gasteiger partial charge in [-0.15, -0.1) is 13.2 Å². The Morgan fingerprint density at radius 3 is 2.04 bits per heavy atom. The first-order valence-corrected chi connectivity index (χ1v) is 8.19. The van der Waals surface area contributed by atoms with Gasteiger partial charge >= 0.3 is 6.36 Å². The van der Waals surface area contributed by atoms with Crippen LogP contribution in [0.2, 0.25) is 0 Å². The summed E-state index contributed by atoms with van der Waals surface area (Å²) in [6.07, 6.45) is -4.85. The summed E-state index contributed by atoms with van der Waals surface area (Å²) in [5.41, 5.74) is 0.539. The molecule has 0 spiro atoms. The number of halogens is 4. The van der Waals surface area contributed by atoms with Crippen molar-refractivity contribution < 1.29 is 30.7 Å². The van der Waals surface area contributed by atoms with E-state index in [-0.39, 0.29) is 4.90 Å². The Hall–Kier alpha value is -2.13. The second kappa shape index (κ2) is 6.78. The van der Waals surface area contributed by atoms with Crippen molar-refractivity contribution in [2.24, 2.45) is 0 Å². The Morgan fingerprint density at radius 2 is 1.54 bits per heavy atom. The van der Waals surface area contributed by atoms with Crippen molar-refractivity contribution in [2.45, 2.75) is 24.2 Å². The Bertz CT molecular complexity index is 787. The first-order chi connectivity index (χ1) is 11.1. The van der Waals surface area contributed by atoms with Gasteiger partial charge in [0.05, 0.1) is 4.90 Å². The molecule has 0 unspecified atom stereocenters. The zero-order chi connectivity index (χ0) is 18.0. The van der Waals surface area contributed by atoms with E-state index in [1.807, 2.05) is 0 Å². The van der Waals surface area contributed by atoms with Gasteiger partial charge in [-0.05, 0) is 48.9 Å². The van der Waals surface area contributed by atoms with E-state index in [1.165, 1.54) is 24.3 Å². The molecule has 0 heterocycles. The Kier molecular flexibility index (Phi) is 5.14. The van der Waals surface area contributed by atoms with Gasteiger partial charge in [0, 0.05) is 6.04 Å². The van der Waals surface area contributed by atoms with Gasteiger partial charge < -0.3 is 4.74 Å². The lowest BCUT2D eigenvalue weighted by atomic mass is 10.1. The van der Waals surface area contributed by atoms with E-state index in [4.69, 9.17) is 0 Å². The van der Waals surface area contributed by atoms with Crippen LogP contribution in [0.3, 0.4) is 0 Å². The lowest BCUT2D eigenvalue weighted by Gasteiger charge is -2.15. The van der Waals surface area contributed by atoms with Crippen molar-refractivity contribution in [3.8, 4) is 5.75 Å². The van der Waals surface area contributed by atoms with Crippen molar-refractivity contribution in [2.75, 3.05) is 0 Å². The number of benzene rings is 2. The topological polar surface area (TPSA) is 55.4 Å². The molecule has 0 bridgehead atoms. The molecule has 0 fully saturated rings. The number of sulfonamides is 1. The molecule has 0 aliphatic rings. The molecule has 0 radical (unpaired) electrons. The quantitative estimate of drug-likeness (QED) is 0.823. The van der Waals surface area contributed by atoms with Gasteiger partial charge in [-0.3, -0.25) is 0 Å². The van der Waals surface area contributed by atoms with Crippen LogP contribution < -0.4 is 9.46 Å². The molecule has 0 amide bonds. The zero-order valence-electron chi connectivity index (χ0n) is 12.3. The van der Waals surface area contributed by atoms with Gasteiger partial charge in [-0.25, -0.2) is 17.5 Å². The van der Waals surface area contributed by atoms with Crippen LogP contribution in [0, 0.1) is 5.82 Å². The van der Waals surface area contributed by atoms with Crippen LogP contribution in [0.4, 0.5) is 17.6 Å². The normalized spacial score (nSPS) is 13.5. The van der Waals surface area contributed by atoms with Crippen LogP contribution >= 0.6 is 0 Å². The van der Waals surface area contributed by atoms with E-state index in [0.717, 1.165) is 24.3 Å². The third-order valence-corrected chi connectivity index (χ3v) is 4.63. The maximum Gasteiger partial charge on any atom is 0.573 e. The van der Waals surface area contributed by atoms with E-state index in [0.29, 0.717) is 5.56 Å². The molecule has 130 valence electrons. The molecule has 1 atom stereocenters. The maximum atomic E-state index is 12.9. The highest BCUT2D eigenvalue weighted by molar-refractivity contribution is 7.89. The van der Waals surface area contributed by atoms with Crippen molar-refractivity contribution in [3.05, 3.63) is 59.9 Å². The first-order valence-electron chi connectivity index (χ1n) is 6.70. The van der Waals surface area contributed by atoms with E-state index in [9.17, 15) is 26.0 Å². The van der Waals surface area contributed by atoms with E-state index in [1.54, 1.807) is 6.92 Å². The predicted octanol–water partition coefficient (Wildman–Crippen LogP) is 3.76. The van der Waals surface area contributed by atoms with Crippen molar-refractivity contribution in [1.82, 2.24) is 4.72 Å². The Morgan fingerprint density at radius 1 is 1.00 bits per heavy atom. The van der Waals surface area contributed by atoms with Crippen LogP contribution in [0.15, 0.2) is 53.4 Å². The zero-order valence-corrected chi connectivity index (χ0v) is 13.2. The summed E-state index contributed by atoms with van der Waals surface area (Å²) in [7, 11) is -3.96. The molecule has 0 aliphatic heterocycles. The molecule has 1 N–H and O–H groups in total. The molecule has 0 aliphatic carbocycles. The van der Waals surface area contributed by atoms with Crippen LogP contribution in [0.1, 0.15) is 18.5 Å². The summed E-state index contributed by atoms with van der Waals surface area (Å²) >= 11 is 0. The predicted molar refractivity (Wildman–Crippen MR) is 78.3 cm³/mol. The maximum absolute atomic E-state index is 12.9. The second-order valence-electron chi connectivity index (χ2n) is 4.91. The Labute approximate surface area is 136 Å². The van der Waals surface area contributed by atoms with Crippen LogP contribution in [-0.2, 0) is 10.0 Å². The number of rotatable bonds is 5. The number of nitrogens with one attached hydrogen (secondary N) is 1. The summed E-state index contributed by atoms with van der Waals surface area (Å²) in [5, 5.41) is 0. The van der Waals surface area contributed by atoms with Crippen molar-refractivity contribution in [3.63, 3.8) is 0 Å². The van der Waals surface area contributed by atoms with Crippen LogP contribution in [-0.4, -0.2) is 14.8 Å². The molecule has 24 heavy (non-hydrogen) atoms. The average Bonchev–Trinajstić information content (AvgIpc) is 2.46. The summed E-state index contributed by atoms with van der Waals surface area (Å²) in [6, 6.07) is 8.43. The average molecular weight is 363 g/mol. The highest BCUT2D eigenvalue weighted by Crippen LogP contribution is 2.24. The highest BCUT2D eigenvalue weighted by Gasteiger charge is 2.31. The largest absolute Gasteiger partial charge is 0.573 e. The fourth-order valence-electron chi connectivity index (χ4n) is 1.94. The fourth-order valence-corrected chi connectivity index (χ4v) is 3.17. The fraction of sp³-hybridized carbons (Fsp3) is 0.200. The third-order valence-electron chi connectivity index (χ3n) is 3.07. The summed E-state index contributed by atoms with van der Waals surface area (Å²) in [4.78, 5) is -0.217. The molecule has 0 saturated carbocycles. The minimum absolute atomic E-state index is 0.217. The molecule has 0 saturated heterocycles. The molecular formula is C15H13F4NO3S.